The second-order valence-corrected chi connectivity index (χ2v) is 5.62. The zero-order valence-corrected chi connectivity index (χ0v) is 16.5. The van der Waals surface area contributed by atoms with Crippen molar-refractivity contribution in [2.24, 2.45) is 10.9 Å². The molecule has 1 aromatic carbocycles. The van der Waals surface area contributed by atoms with Crippen molar-refractivity contribution in [3.05, 3.63) is 24.3 Å². The van der Waals surface area contributed by atoms with E-state index in [0.29, 0.717) is 6.54 Å². The standard InChI is InChI=1S/C17H27N3O2.HI/c1-4-18-17(20-12-14-9-10-14)19-11-13(2)22-16-8-6-5-7-15(16)21-3;/h5-8,13-14H,4,9-12H2,1-3H3,(H2,18,19,20);1H. The lowest BCUT2D eigenvalue weighted by atomic mass is 10.3. The van der Waals surface area contributed by atoms with Crippen LogP contribution in [0.3, 0.4) is 0 Å². The molecule has 0 spiro atoms. The van der Waals surface area contributed by atoms with Crippen LogP contribution in [0.2, 0.25) is 0 Å². The molecular weight excluding hydrogens is 405 g/mol. The van der Waals surface area contributed by atoms with Gasteiger partial charge in [0.1, 0.15) is 6.10 Å². The SMILES string of the molecule is CCNC(=NCC(C)Oc1ccccc1OC)NCC1CC1.I. The summed E-state index contributed by atoms with van der Waals surface area (Å²) in [5.41, 5.74) is 0. The molecule has 0 amide bonds. The monoisotopic (exact) mass is 433 g/mol. The highest BCUT2D eigenvalue weighted by molar-refractivity contribution is 14.0. The van der Waals surface area contributed by atoms with Crippen molar-refractivity contribution in [3.63, 3.8) is 0 Å². The molecule has 1 unspecified atom stereocenters. The number of hydrogen-bond acceptors (Lipinski definition) is 3. The van der Waals surface area contributed by atoms with E-state index in [-0.39, 0.29) is 30.1 Å². The molecule has 1 atom stereocenters. The number of hydrogen-bond donors (Lipinski definition) is 2. The molecule has 5 nitrogen and oxygen atoms in total. The molecule has 0 bridgehead atoms. The summed E-state index contributed by atoms with van der Waals surface area (Å²) < 4.78 is 11.2. The number of nitrogens with zero attached hydrogens (tertiary/aromatic N) is 1. The zero-order valence-electron chi connectivity index (χ0n) is 14.2. The Morgan fingerprint density at radius 1 is 1.26 bits per heavy atom. The van der Waals surface area contributed by atoms with Gasteiger partial charge in [-0.3, -0.25) is 0 Å². The summed E-state index contributed by atoms with van der Waals surface area (Å²) >= 11 is 0. The smallest absolute Gasteiger partial charge is 0.191 e. The van der Waals surface area contributed by atoms with Gasteiger partial charge in [-0.2, -0.15) is 0 Å². The highest BCUT2D eigenvalue weighted by Crippen LogP contribution is 2.27. The topological polar surface area (TPSA) is 54.9 Å². The molecule has 1 aliphatic rings. The third-order valence-corrected chi connectivity index (χ3v) is 3.50. The lowest BCUT2D eigenvalue weighted by Crippen LogP contribution is -2.39. The Kier molecular flexibility index (Phi) is 9.13. The van der Waals surface area contributed by atoms with Gasteiger partial charge in [-0.15, -0.1) is 24.0 Å². The van der Waals surface area contributed by atoms with Crippen LogP contribution in [0.4, 0.5) is 0 Å². The van der Waals surface area contributed by atoms with Gasteiger partial charge in [0.15, 0.2) is 17.5 Å². The highest BCUT2D eigenvalue weighted by Gasteiger charge is 2.21. The van der Waals surface area contributed by atoms with Gasteiger partial charge in [0, 0.05) is 13.1 Å². The number of rotatable bonds is 8. The molecule has 1 aliphatic carbocycles. The van der Waals surface area contributed by atoms with Crippen LogP contribution in [-0.2, 0) is 0 Å². The van der Waals surface area contributed by atoms with Gasteiger partial charge in [-0.05, 0) is 44.7 Å². The fourth-order valence-electron chi connectivity index (χ4n) is 2.09. The molecule has 2 N–H and O–H groups in total. The normalized spacial score (nSPS) is 15.3. The zero-order chi connectivity index (χ0) is 15.8. The number of halogens is 1. The Balaban J connectivity index is 0.00000264. The van der Waals surface area contributed by atoms with Crippen molar-refractivity contribution in [1.82, 2.24) is 10.6 Å². The first-order chi connectivity index (χ1) is 10.7. The first-order valence-corrected chi connectivity index (χ1v) is 8.04. The highest BCUT2D eigenvalue weighted by atomic mass is 127. The maximum atomic E-state index is 5.92. The number of guanidine groups is 1. The summed E-state index contributed by atoms with van der Waals surface area (Å²) in [5, 5.41) is 6.65. The summed E-state index contributed by atoms with van der Waals surface area (Å²) in [6.07, 6.45) is 2.65. The van der Waals surface area contributed by atoms with Gasteiger partial charge in [-0.1, -0.05) is 12.1 Å². The van der Waals surface area contributed by atoms with E-state index in [9.17, 15) is 0 Å². The van der Waals surface area contributed by atoms with E-state index >= 15 is 0 Å². The van der Waals surface area contributed by atoms with Gasteiger partial charge in [-0.25, -0.2) is 4.99 Å². The van der Waals surface area contributed by atoms with Crippen molar-refractivity contribution in [1.29, 1.82) is 0 Å². The van der Waals surface area contributed by atoms with E-state index in [4.69, 9.17) is 9.47 Å². The molecule has 2 rings (SSSR count). The predicted molar refractivity (Wildman–Crippen MR) is 105 cm³/mol. The summed E-state index contributed by atoms with van der Waals surface area (Å²) in [5.74, 6) is 3.19. The van der Waals surface area contributed by atoms with E-state index in [1.165, 1.54) is 12.8 Å². The Morgan fingerprint density at radius 3 is 2.57 bits per heavy atom. The fraction of sp³-hybridized carbons (Fsp3) is 0.588. The summed E-state index contributed by atoms with van der Waals surface area (Å²) in [6, 6.07) is 7.68. The maximum absolute atomic E-state index is 5.92. The molecule has 1 aromatic rings. The Bertz CT molecular complexity index is 492. The van der Waals surface area contributed by atoms with E-state index in [0.717, 1.165) is 36.5 Å². The van der Waals surface area contributed by atoms with E-state index < -0.39 is 0 Å². The fourth-order valence-corrected chi connectivity index (χ4v) is 2.09. The molecule has 1 fully saturated rings. The number of methoxy groups -OCH3 is 1. The van der Waals surface area contributed by atoms with Gasteiger partial charge < -0.3 is 20.1 Å². The molecule has 0 radical (unpaired) electrons. The number of ether oxygens (including phenoxy) is 2. The van der Waals surface area contributed by atoms with E-state index in [2.05, 4.69) is 22.5 Å². The Morgan fingerprint density at radius 2 is 1.96 bits per heavy atom. The van der Waals surface area contributed by atoms with Gasteiger partial charge >= 0.3 is 0 Å². The summed E-state index contributed by atoms with van der Waals surface area (Å²) in [4.78, 5) is 4.59. The first kappa shape index (κ1) is 19.9. The molecule has 130 valence electrons. The third-order valence-electron chi connectivity index (χ3n) is 3.50. The second-order valence-electron chi connectivity index (χ2n) is 5.62. The first-order valence-electron chi connectivity index (χ1n) is 8.04. The number of nitrogens with one attached hydrogen (secondary N) is 2. The molecule has 0 aliphatic heterocycles. The van der Waals surface area contributed by atoms with E-state index in [1.54, 1.807) is 7.11 Å². The molecule has 0 heterocycles. The lowest BCUT2D eigenvalue weighted by molar-refractivity contribution is 0.219. The average molecular weight is 433 g/mol. The molecule has 23 heavy (non-hydrogen) atoms. The number of benzene rings is 1. The van der Waals surface area contributed by atoms with Gasteiger partial charge in [0.25, 0.3) is 0 Å². The molecule has 0 aromatic heterocycles. The van der Waals surface area contributed by atoms with Gasteiger partial charge in [0.2, 0.25) is 0 Å². The van der Waals surface area contributed by atoms with E-state index in [1.807, 2.05) is 31.2 Å². The van der Waals surface area contributed by atoms with Crippen molar-refractivity contribution in [2.75, 3.05) is 26.7 Å². The Hall–Kier alpha value is -1.18. The van der Waals surface area contributed by atoms with Crippen LogP contribution >= 0.6 is 24.0 Å². The van der Waals surface area contributed by atoms with Crippen LogP contribution in [0, 0.1) is 5.92 Å². The van der Waals surface area contributed by atoms with Crippen LogP contribution in [0.15, 0.2) is 29.3 Å². The minimum atomic E-state index is -0.0207. The second kappa shape index (κ2) is 10.6. The Labute approximate surface area is 156 Å². The van der Waals surface area contributed by atoms with Crippen LogP contribution < -0.4 is 20.1 Å². The third kappa shape index (κ3) is 7.28. The van der Waals surface area contributed by atoms with Crippen LogP contribution in [0.5, 0.6) is 11.5 Å². The van der Waals surface area contributed by atoms with Gasteiger partial charge in [0.05, 0.1) is 13.7 Å². The molecule has 0 saturated heterocycles. The summed E-state index contributed by atoms with van der Waals surface area (Å²) in [7, 11) is 1.65. The molecule has 6 heteroatoms. The minimum Gasteiger partial charge on any atom is -0.493 e. The molecular formula is C17H28IN3O2. The largest absolute Gasteiger partial charge is 0.493 e. The van der Waals surface area contributed by atoms with Crippen molar-refractivity contribution < 1.29 is 9.47 Å². The maximum Gasteiger partial charge on any atom is 0.191 e. The summed E-state index contributed by atoms with van der Waals surface area (Å²) in [6.45, 7) is 6.55. The lowest BCUT2D eigenvalue weighted by Gasteiger charge is -2.16. The van der Waals surface area contributed by atoms with Crippen molar-refractivity contribution in [2.45, 2.75) is 32.8 Å². The van der Waals surface area contributed by atoms with Crippen LogP contribution in [-0.4, -0.2) is 38.8 Å². The quantitative estimate of drug-likeness (QED) is 0.376. The van der Waals surface area contributed by atoms with Crippen LogP contribution in [0.1, 0.15) is 26.7 Å². The number of para-hydroxylation sites is 2. The number of aliphatic imine (C=N–C) groups is 1. The predicted octanol–water partition coefficient (Wildman–Crippen LogP) is 3.05. The minimum absolute atomic E-state index is 0. The molecule has 1 saturated carbocycles. The van der Waals surface area contributed by atoms with Crippen molar-refractivity contribution >= 4 is 29.9 Å². The van der Waals surface area contributed by atoms with Crippen LogP contribution in [0.25, 0.3) is 0 Å². The van der Waals surface area contributed by atoms with Crippen molar-refractivity contribution in [3.8, 4) is 11.5 Å². The average Bonchev–Trinajstić information content (AvgIpc) is 3.35.